The summed E-state index contributed by atoms with van der Waals surface area (Å²) in [5.41, 5.74) is 0.393. The lowest BCUT2D eigenvalue weighted by Gasteiger charge is -2.32. The fraction of sp³-hybridized carbons (Fsp3) is 0.529. The van der Waals surface area contributed by atoms with Gasteiger partial charge < -0.3 is 9.64 Å². The first-order chi connectivity index (χ1) is 9.87. The molecular formula is C17H23NO3. The van der Waals surface area contributed by atoms with Gasteiger partial charge in [-0.2, -0.15) is 0 Å². The minimum absolute atomic E-state index is 0.0262. The van der Waals surface area contributed by atoms with Gasteiger partial charge in [0.25, 0.3) is 0 Å². The molecule has 1 atom stereocenters. The molecule has 0 aliphatic carbocycles. The van der Waals surface area contributed by atoms with Crippen LogP contribution in [0, 0.1) is 5.92 Å². The molecule has 1 unspecified atom stereocenters. The Hall–Kier alpha value is -1.84. The van der Waals surface area contributed by atoms with Gasteiger partial charge in [-0.1, -0.05) is 18.2 Å². The molecule has 0 bridgehead atoms. The summed E-state index contributed by atoms with van der Waals surface area (Å²) in [6.45, 7) is 6.23. The third-order valence-electron chi connectivity index (χ3n) is 3.45. The van der Waals surface area contributed by atoms with Crippen molar-refractivity contribution in [1.29, 1.82) is 0 Å². The standard InChI is InChI=1S/C17H23NO3/c1-17(2,3)21-15(19)12-13-8-7-11-18(16(13)20)14-9-5-4-6-10-14/h4-6,9-10,13H,7-8,11-12H2,1-3H3. The average molecular weight is 289 g/mol. The first kappa shape index (κ1) is 15.5. The van der Waals surface area contributed by atoms with Gasteiger partial charge in [0, 0.05) is 18.2 Å². The highest BCUT2D eigenvalue weighted by Crippen LogP contribution is 2.27. The molecule has 1 aromatic carbocycles. The average Bonchev–Trinajstić information content (AvgIpc) is 2.40. The maximum atomic E-state index is 12.5. The van der Waals surface area contributed by atoms with Crippen molar-refractivity contribution in [3.63, 3.8) is 0 Å². The minimum atomic E-state index is -0.506. The predicted octanol–water partition coefficient (Wildman–Crippen LogP) is 3.16. The molecule has 4 nitrogen and oxygen atoms in total. The lowest BCUT2D eigenvalue weighted by Crippen LogP contribution is -2.42. The van der Waals surface area contributed by atoms with E-state index in [4.69, 9.17) is 4.74 Å². The summed E-state index contributed by atoms with van der Waals surface area (Å²) in [7, 11) is 0. The van der Waals surface area contributed by atoms with Crippen molar-refractivity contribution in [3.8, 4) is 0 Å². The quantitative estimate of drug-likeness (QED) is 0.803. The zero-order valence-electron chi connectivity index (χ0n) is 13.0. The number of carbonyl (C=O) groups is 2. The van der Waals surface area contributed by atoms with Gasteiger partial charge in [-0.05, 0) is 45.7 Å². The number of carbonyl (C=O) groups excluding carboxylic acids is 2. The molecule has 0 N–H and O–H groups in total. The molecule has 21 heavy (non-hydrogen) atoms. The Bertz CT molecular complexity index is 505. The topological polar surface area (TPSA) is 46.6 Å². The molecule has 0 radical (unpaired) electrons. The van der Waals surface area contributed by atoms with Crippen LogP contribution < -0.4 is 4.90 Å². The molecule has 0 saturated carbocycles. The zero-order chi connectivity index (χ0) is 15.5. The van der Waals surface area contributed by atoms with Gasteiger partial charge in [-0.25, -0.2) is 0 Å². The van der Waals surface area contributed by atoms with E-state index in [1.54, 1.807) is 4.90 Å². The molecule has 1 fully saturated rings. The molecule has 1 amide bonds. The van der Waals surface area contributed by atoms with E-state index in [1.807, 2.05) is 51.1 Å². The number of piperidine rings is 1. The van der Waals surface area contributed by atoms with Crippen molar-refractivity contribution in [2.45, 2.75) is 45.6 Å². The number of esters is 1. The molecule has 114 valence electrons. The van der Waals surface area contributed by atoms with Gasteiger partial charge in [0.15, 0.2) is 0 Å². The van der Waals surface area contributed by atoms with Gasteiger partial charge in [0.2, 0.25) is 5.91 Å². The maximum absolute atomic E-state index is 12.5. The van der Waals surface area contributed by atoms with Crippen LogP contribution in [0.3, 0.4) is 0 Å². The fourth-order valence-electron chi connectivity index (χ4n) is 2.59. The van der Waals surface area contributed by atoms with Crippen LogP contribution in [0.1, 0.15) is 40.0 Å². The van der Waals surface area contributed by atoms with E-state index < -0.39 is 5.60 Å². The molecule has 0 aromatic heterocycles. The van der Waals surface area contributed by atoms with Crippen molar-refractivity contribution in [2.24, 2.45) is 5.92 Å². The Labute approximate surface area is 126 Å². The number of hydrogen-bond donors (Lipinski definition) is 0. The second kappa shape index (κ2) is 6.29. The van der Waals surface area contributed by atoms with Gasteiger partial charge in [-0.3, -0.25) is 9.59 Å². The Balaban J connectivity index is 2.02. The molecule has 1 aliphatic rings. The first-order valence-electron chi connectivity index (χ1n) is 7.45. The smallest absolute Gasteiger partial charge is 0.307 e. The van der Waals surface area contributed by atoms with Crippen LogP contribution in [0.5, 0.6) is 0 Å². The van der Waals surface area contributed by atoms with Crippen LogP contribution in [0.25, 0.3) is 0 Å². The van der Waals surface area contributed by atoms with Crippen LogP contribution in [0.2, 0.25) is 0 Å². The number of hydrogen-bond acceptors (Lipinski definition) is 3. The van der Waals surface area contributed by atoms with Crippen molar-refractivity contribution >= 4 is 17.6 Å². The van der Waals surface area contributed by atoms with Crippen molar-refractivity contribution in [3.05, 3.63) is 30.3 Å². The Morgan fingerprint density at radius 1 is 1.29 bits per heavy atom. The summed E-state index contributed by atoms with van der Waals surface area (Å²) < 4.78 is 5.32. The number of nitrogens with zero attached hydrogens (tertiary/aromatic N) is 1. The highest BCUT2D eigenvalue weighted by atomic mass is 16.6. The molecule has 1 heterocycles. The van der Waals surface area contributed by atoms with Gasteiger partial charge >= 0.3 is 5.97 Å². The molecule has 0 spiro atoms. The summed E-state index contributed by atoms with van der Waals surface area (Å²) in [6, 6.07) is 9.61. The number of rotatable bonds is 3. The SMILES string of the molecule is CC(C)(C)OC(=O)CC1CCCN(c2ccccc2)C1=O. The number of ether oxygens (including phenoxy) is 1. The lowest BCUT2D eigenvalue weighted by atomic mass is 9.93. The molecule has 2 rings (SSSR count). The zero-order valence-corrected chi connectivity index (χ0v) is 13.0. The summed E-state index contributed by atoms with van der Waals surface area (Å²) in [4.78, 5) is 26.2. The highest BCUT2D eigenvalue weighted by molar-refractivity contribution is 5.97. The summed E-state index contributed by atoms with van der Waals surface area (Å²) in [5.74, 6) is -0.539. The van der Waals surface area contributed by atoms with Crippen LogP contribution in [0.15, 0.2) is 30.3 Å². The van der Waals surface area contributed by atoms with Crippen molar-refractivity contribution in [2.75, 3.05) is 11.4 Å². The maximum Gasteiger partial charge on any atom is 0.307 e. The third kappa shape index (κ3) is 4.31. The van der Waals surface area contributed by atoms with E-state index in [0.29, 0.717) is 6.54 Å². The van der Waals surface area contributed by atoms with Crippen LogP contribution in [-0.4, -0.2) is 24.0 Å². The second-order valence-corrected chi connectivity index (χ2v) is 6.46. The number of para-hydroxylation sites is 1. The van der Waals surface area contributed by atoms with Crippen molar-refractivity contribution in [1.82, 2.24) is 0 Å². The number of anilines is 1. The van der Waals surface area contributed by atoms with E-state index in [9.17, 15) is 9.59 Å². The van der Waals surface area contributed by atoms with Crippen molar-refractivity contribution < 1.29 is 14.3 Å². The Kier molecular flexibility index (Phi) is 4.66. The molecule has 1 aliphatic heterocycles. The van der Waals surface area contributed by atoms with E-state index in [1.165, 1.54) is 0 Å². The van der Waals surface area contributed by atoms with Crippen LogP contribution in [-0.2, 0) is 14.3 Å². The van der Waals surface area contributed by atoms with Gasteiger partial charge in [0.05, 0.1) is 6.42 Å². The third-order valence-corrected chi connectivity index (χ3v) is 3.45. The molecule has 1 saturated heterocycles. The molecule has 1 aromatic rings. The predicted molar refractivity (Wildman–Crippen MR) is 82.0 cm³/mol. The summed E-state index contributed by atoms with van der Waals surface area (Å²) in [5, 5.41) is 0. The summed E-state index contributed by atoms with van der Waals surface area (Å²) in [6.07, 6.45) is 1.83. The lowest BCUT2D eigenvalue weighted by molar-refractivity contribution is -0.157. The number of benzene rings is 1. The van der Waals surface area contributed by atoms with E-state index in [0.717, 1.165) is 18.5 Å². The molecular weight excluding hydrogens is 266 g/mol. The summed E-state index contributed by atoms with van der Waals surface area (Å²) >= 11 is 0. The van der Waals surface area contributed by atoms with Crippen LogP contribution in [0.4, 0.5) is 5.69 Å². The second-order valence-electron chi connectivity index (χ2n) is 6.46. The normalized spacial score (nSPS) is 19.5. The van der Waals surface area contributed by atoms with E-state index in [-0.39, 0.29) is 24.2 Å². The Morgan fingerprint density at radius 3 is 2.57 bits per heavy atom. The highest BCUT2D eigenvalue weighted by Gasteiger charge is 2.32. The monoisotopic (exact) mass is 289 g/mol. The van der Waals surface area contributed by atoms with Gasteiger partial charge in [0.1, 0.15) is 5.60 Å². The van der Waals surface area contributed by atoms with Gasteiger partial charge in [-0.15, -0.1) is 0 Å². The molecule has 4 heteroatoms. The Morgan fingerprint density at radius 2 is 1.95 bits per heavy atom. The largest absolute Gasteiger partial charge is 0.460 e. The van der Waals surface area contributed by atoms with Crippen LogP contribution >= 0.6 is 0 Å². The minimum Gasteiger partial charge on any atom is -0.460 e. The fourth-order valence-corrected chi connectivity index (χ4v) is 2.59. The van der Waals surface area contributed by atoms with E-state index >= 15 is 0 Å². The number of amides is 1. The van der Waals surface area contributed by atoms with E-state index in [2.05, 4.69) is 0 Å². The first-order valence-corrected chi connectivity index (χ1v) is 7.45.